The largest absolute Gasteiger partial charge is 0.446 e. The second-order valence-corrected chi connectivity index (χ2v) is 5.84. The molecule has 0 fully saturated rings. The SMILES string of the molecule is CC(NCc1ccc(SC(F)(F)F)cc1)c1ccccc1. The van der Waals surface area contributed by atoms with Crippen LogP contribution in [0.15, 0.2) is 59.5 Å². The van der Waals surface area contributed by atoms with Crippen molar-refractivity contribution < 1.29 is 13.2 Å². The van der Waals surface area contributed by atoms with E-state index in [1.165, 1.54) is 17.7 Å². The molecule has 0 spiro atoms. The Hall–Kier alpha value is -1.46. The van der Waals surface area contributed by atoms with Gasteiger partial charge in [-0.3, -0.25) is 0 Å². The minimum Gasteiger partial charge on any atom is -0.306 e. The molecule has 2 rings (SSSR count). The molecule has 0 aliphatic carbocycles. The summed E-state index contributed by atoms with van der Waals surface area (Å²) in [5.41, 5.74) is -2.09. The van der Waals surface area contributed by atoms with Crippen molar-refractivity contribution in [3.63, 3.8) is 0 Å². The number of halogens is 3. The van der Waals surface area contributed by atoms with E-state index in [9.17, 15) is 13.2 Å². The van der Waals surface area contributed by atoms with Crippen LogP contribution in [0.5, 0.6) is 0 Å². The molecule has 0 aliphatic heterocycles. The van der Waals surface area contributed by atoms with Gasteiger partial charge < -0.3 is 5.32 Å². The van der Waals surface area contributed by atoms with E-state index in [1.54, 1.807) is 12.1 Å². The molecule has 0 saturated carbocycles. The molecule has 2 aromatic rings. The fraction of sp³-hybridized carbons (Fsp3) is 0.250. The Bertz CT molecular complexity index is 552. The molecule has 5 heteroatoms. The quantitative estimate of drug-likeness (QED) is 0.766. The van der Waals surface area contributed by atoms with Crippen LogP contribution in [0.4, 0.5) is 13.2 Å². The lowest BCUT2D eigenvalue weighted by Gasteiger charge is -2.14. The first-order chi connectivity index (χ1) is 9.94. The van der Waals surface area contributed by atoms with Crippen LogP contribution in [-0.2, 0) is 6.54 Å². The van der Waals surface area contributed by atoms with Gasteiger partial charge in [-0.25, -0.2) is 0 Å². The van der Waals surface area contributed by atoms with Crippen LogP contribution < -0.4 is 5.32 Å². The number of nitrogens with one attached hydrogen (secondary N) is 1. The molecular weight excluding hydrogens is 295 g/mol. The lowest BCUT2D eigenvalue weighted by Crippen LogP contribution is -2.17. The number of hydrogen-bond acceptors (Lipinski definition) is 2. The molecule has 0 saturated heterocycles. The molecule has 0 heterocycles. The smallest absolute Gasteiger partial charge is 0.306 e. The van der Waals surface area contributed by atoms with Gasteiger partial charge in [0.15, 0.2) is 0 Å². The fourth-order valence-electron chi connectivity index (χ4n) is 1.94. The highest BCUT2D eigenvalue weighted by Gasteiger charge is 2.28. The van der Waals surface area contributed by atoms with Crippen LogP contribution >= 0.6 is 11.8 Å². The van der Waals surface area contributed by atoms with Crippen molar-refractivity contribution in [2.45, 2.75) is 29.9 Å². The minimum atomic E-state index is -4.23. The third-order valence-electron chi connectivity index (χ3n) is 3.07. The molecule has 0 bridgehead atoms. The Morgan fingerprint density at radius 3 is 2.19 bits per heavy atom. The molecule has 1 unspecified atom stereocenters. The fourth-order valence-corrected chi connectivity index (χ4v) is 2.48. The van der Waals surface area contributed by atoms with E-state index in [4.69, 9.17) is 0 Å². The van der Waals surface area contributed by atoms with Gasteiger partial charge in [0.05, 0.1) is 0 Å². The summed E-state index contributed by atoms with van der Waals surface area (Å²) in [6.45, 7) is 2.68. The molecule has 0 aliphatic rings. The molecule has 21 heavy (non-hydrogen) atoms. The number of benzene rings is 2. The van der Waals surface area contributed by atoms with E-state index < -0.39 is 5.51 Å². The van der Waals surface area contributed by atoms with Gasteiger partial charge in [0.25, 0.3) is 0 Å². The van der Waals surface area contributed by atoms with Crippen LogP contribution in [0, 0.1) is 0 Å². The molecule has 1 nitrogen and oxygen atoms in total. The van der Waals surface area contributed by atoms with Gasteiger partial charge in [0.1, 0.15) is 0 Å². The van der Waals surface area contributed by atoms with Crippen molar-refractivity contribution in [3.8, 4) is 0 Å². The Morgan fingerprint density at radius 1 is 1.00 bits per heavy atom. The Balaban J connectivity index is 1.89. The summed E-state index contributed by atoms with van der Waals surface area (Å²) in [4.78, 5) is 0.211. The Morgan fingerprint density at radius 2 is 1.62 bits per heavy atom. The molecule has 1 N–H and O–H groups in total. The second-order valence-electron chi connectivity index (χ2n) is 4.71. The van der Waals surface area contributed by atoms with Crippen molar-refractivity contribution in [1.29, 1.82) is 0 Å². The maximum atomic E-state index is 12.2. The van der Waals surface area contributed by atoms with Crippen LogP contribution in [0.2, 0.25) is 0 Å². The zero-order chi connectivity index (χ0) is 15.3. The molecule has 0 aromatic heterocycles. The van der Waals surface area contributed by atoms with Crippen LogP contribution in [0.3, 0.4) is 0 Å². The first-order valence-corrected chi connectivity index (χ1v) is 7.39. The molecule has 112 valence electrons. The summed E-state index contributed by atoms with van der Waals surface area (Å²) < 4.78 is 36.7. The molecule has 1 atom stereocenters. The van der Waals surface area contributed by atoms with Gasteiger partial charge in [-0.1, -0.05) is 42.5 Å². The highest BCUT2D eigenvalue weighted by Crippen LogP contribution is 2.36. The van der Waals surface area contributed by atoms with Crippen molar-refractivity contribution in [2.24, 2.45) is 0 Å². The van der Waals surface area contributed by atoms with Gasteiger partial charge >= 0.3 is 5.51 Å². The van der Waals surface area contributed by atoms with Gasteiger partial charge in [-0.2, -0.15) is 13.2 Å². The normalized spacial score (nSPS) is 13.1. The van der Waals surface area contributed by atoms with E-state index in [-0.39, 0.29) is 22.7 Å². The van der Waals surface area contributed by atoms with E-state index in [0.717, 1.165) is 5.56 Å². The average Bonchev–Trinajstić information content (AvgIpc) is 2.45. The van der Waals surface area contributed by atoms with Gasteiger partial charge in [-0.15, -0.1) is 0 Å². The van der Waals surface area contributed by atoms with E-state index >= 15 is 0 Å². The number of alkyl halides is 3. The number of hydrogen-bond donors (Lipinski definition) is 1. The lowest BCUT2D eigenvalue weighted by atomic mass is 10.1. The summed E-state index contributed by atoms with van der Waals surface area (Å²) in [5.74, 6) is 0. The van der Waals surface area contributed by atoms with Gasteiger partial charge in [0, 0.05) is 17.5 Å². The number of thioether (sulfide) groups is 1. The number of rotatable bonds is 5. The topological polar surface area (TPSA) is 12.0 Å². The third-order valence-corrected chi connectivity index (χ3v) is 3.81. The minimum absolute atomic E-state index is 0.0897. The third kappa shape index (κ3) is 5.44. The summed E-state index contributed by atoms with van der Waals surface area (Å²) in [7, 11) is 0. The summed E-state index contributed by atoms with van der Waals surface area (Å²) in [6, 6.07) is 16.7. The van der Waals surface area contributed by atoms with Crippen molar-refractivity contribution in [1.82, 2.24) is 5.32 Å². The highest BCUT2D eigenvalue weighted by molar-refractivity contribution is 8.00. The van der Waals surface area contributed by atoms with Crippen molar-refractivity contribution >= 4 is 11.8 Å². The van der Waals surface area contributed by atoms with Crippen LogP contribution in [0.1, 0.15) is 24.1 Å². The Labute approximate surface area is 126 Å². The summed E-state index contributed by atoms with van der Waals surface area (Å²) >= 11 is -0.0897. The Kier molecular flexibility index (Phi) is 5.31. The second kappa shape index (κ2) is 7.00. The standard InChI is InChI=1S/C16H16F3NS/c1-12(14-5-3-2-4-6-14)20-11-13-7-9-15(10-8-13)21-16(17,18)19/h2-10,12,20H,11H2,1H3. The van der Waals surface area contributed by atoms with Crippen LogP contribution in [0.25, 0.3) is 0 Å². The monoisotopic (exact) mass is 311 g/mol. The predicted octanol–water partition coefficient (Wildman–Crippen LogP) is 5.15. The molecule has 0 radical (unpaired) electrons. The average molecular weight is 311 g/mol. The highest BCUT2D eigenvalue weighted by atomic mass is 32.2. The maximum Gasteiger partial charge on any atom is 0.446 e. The van der Waals surface area contributed by atoms with Crippen LogP contribution in [-0.4, -0.2) is 5.51 Å². The van der Waals surface area contributed by atoms with E-state index in [1.807, 2.05) is 30.3 Å². The lowest BCUT2D eigenvalue weighted by molar-refractivity contribution is -0.0328. The van der Waals surface area contributed by atoms with Crippen molar-refractivity contribution in [2.75, 3.05) is 0 Å². The van der Waals surface area contributed by atoms with E-state index in [0.29, 0.717) is 6.54 Å². The van der Waals surface area contributed by atoms with Gasteiger partial charge in [-0.05, 0) is 41.9 Å². The molecule has 2 aromatic carbocycles. The zero-order valence-electron chi connectivity index (χ0n) is 11.5. The predicted molar refractivity (Wildman–Crippen MR) is 80.1 cm³/mol. The summed E-state index contributed by atoms with van der Waals surface area (Å²) in [5, 5.41) is 3.35. The first kappa shape index (κ1) is 15.9. The zero-order valence-corrected chi connectivity index (χ0v) is 12.3. The summed E-state index contributed by atoms with van der Waals surface area (Å²) in [6.07, 6.45) is 0. The molecular formula is C16H16F3NS. The van der Waals surface area contributed by atoms with E-state index in [2.05, 4.69) is 12.2 Å². The van der Waals surface area contributed by atoms with Crippen molar-refractivity contribution in [3.05, 3.63) is 65.7 Å². The first-order valence-electron chi connectivity index (χ1n) is 6.57. The van der Waals surface area contributed by atoms with Gasteiger partial charge in [0.2, 0.25) is 0 Å². The molecule has 0 amide bonds. The maximum absolute atomic E-state index is 12.2.